The predicted octanol–water partition coefficient (Wildman–Crippen LogP) is 2.26. The summed E-state index contributed by atoms with van der Waals surface area (Å²) in [6.07, 6.45) is 2.96. The first-order valence-corrected chi connectivity index (χ1v) is 6.47. The van der Waals surface area contributed by atoms with Crippen LogP contribution in [0, 0.1) is 13.8 Å². The predicted molar refractivity (Wildman–Crippen MR) is 78.8 cm³/mol. The van der Waals surface area contributed by atoms with Gasteiger partial charge >= 0.3 is 0 Å². The molecule has 104 valence electrons. The molecule has 1 amide bonds. The lowest BCUT2D eigenvalue weighted by Gasteiger charge is -2.18. The molecule has 4 heteroatoms. The molecule has 0 saturated carbocycles. The summed E-state index contributed by atoms with van der Waals surface area (Å²) < 4.78 is 0. The highest BCUT2D eigenvalue weighted by atomic mass is 16.2. The lowest BCUT2D eigenvalue weighted by Crippen LogP contribution is -2.30. The molecular weight excluding hydrogens is 252 g/mol. The number of carbonyl (C=O) groups excluding carboxylic acids is 1. The number of H-pyrrole nitrogens is 1. The second-order valence-corrected chi connectivity index (χ2v) is 5.01. The molecule has 0 fully saturated rings. The second-order valence-electron chi connectivity index (χ2n) is 5.01. The SMILES string of the molecule is Cc1ccc(CN(C)C(=O)c2c[nH]ccc2=O)c(C)c1. The lowest BCUT2D eigenvalue weighted by atomic mass is 10.1. The molecule has 0 saturated heterocycles. The van der Waals surface area contributed by atoms with E-state index in [-0.39, 0.29) is 16.9 Å². The Labute approximate surface area is 118 Å². The molecule has 2 aromatic rings. The number of nitrogens with one attached hydrogen (secondary N) is 1. The van der Waals surface area contributed by atoms with Crippen molar-refractivity contribution in [3.8, 4) is 0 Å². The van der Waals surface area contributed by atoms with Gasteiger partial charge in [0.25, 0.3) is 5.91 Å². The van der Waals surface area contributed by atoms with Crippen LogP contribution in [0.1, 0.15) is 27.0 Å². The van der Waals surface area contributed by atoms with Gasteiger partial charge in [-0.1, -0.05) is 23.8 Å². The van der Waals surface area contributed by atoms with Gasteiger partial charge in [0.2, 0.25) is 0 Å². The zero-order valence-corrected chi connectivity index (χ0v) is 11.9. The van der Waals surface area contributed by atoms with Crippen LogP contribution in [0.25, 0.3) is 0 Å². The fourth-order valence-corrected chi connectivity index (χ4v) is 2.14. The van der Waals surface area contributed by atoms with Crippen molar-refractivity contribution in [3.05, 3.63) is 69.1 Å². The van der Waals surface area contributed by atoms with Crippen LogP contribution in [0.3, 0.4) is 0 Å². The van der Waals surface area contributed by atoms with Gasteiger partial charge in [-0.25, -0.2) is 0 Å². The van der Waals surface area contributed by atoms with Crippen molar-refractivity contribution in [2.24, 2.45) is 0 Å². The molecule has 1 heterocycles. The second kappa shape index (κ2) is 5.74. The Morgan fingerprint density at radius 2 is 2.00 bits per heavy atom. The van der Waals surface area contributed by atoms with Crippen molar-refractivity contribution in [3.63, 3.8) is 0 Å². The normalized spacial score (nSPS) is 10.3. The van der Waals surface area contributed by atoms with Gasteiger partial charge in [-0.15, -0.1) is 0 Å². The van der Waals surface area contributed by atoms with Crippen LogP contribution in [0.4, 0.5) is 0 Å². The van der Waals surface area contributed by atoms with Crippen LogP contribution in [0.2, 0.25) is 0 Å². The summed E-state index contributed by atoms with van der Waals surface area (Å²) in [4.78, 5) is 28.2. The Kier molecular flexibility index (Phi) is 4.03. The molecule has 0 unspecified atom stereocenters. The van der Waals surface area contributed by atoms with Gasteiger partial charge in [-0.2, -0.15) is 0 Å². The van der Waals surface area contributed by atoms with Crippen molar-refractivity contribution in [2.75, 3.05) is 7.05 Å². The third-order valence-electron chi connectivity index (χ3n) is 3.31. The molecule has 1 aromatic heterocycles. The number of aromatic amines is 1. The Morgan fingerprint density at radius 1 is 1.25 bits per heavy atom. The van der Waals surface area contributed by atoms with Gasteiger partial charge in [0.1, 0.15) is 5.56 Å². The van der Waals surface area contributed by atoms with Crippen molar-refractivity contribution >= 4 is 5.91 Å². The summed E-state index contributed by atoms with van der Waals surface area (Å²) in [6, 6.07) is 7.49. The van der Waals surface area contributed by atoms with E-state index in [4.69, 9.17) is 0 Å². The first-order chi connectivity index (χ1) is 9.49. The maximum absolute atomic E-state index is 12.3. The van der Waals surface area contributed by atoms with Crippen LogP contribution in [-0.2, 0) is 6.54 Å². The standard InChI is InChI=1S/C16H18N2O2/c1-11-4-5-13(12(2)8-11)10-18(3)16(20)14-9-17-7-6-15(14)19/h4-9H,10H2,1-3H3,(H,17,19). The first kappa shape index (κ1) is 14.1. The summed E-state index contributed by atoms with van der Waals surface area (Å²) in [5, 5.41) is 0. The molecule has 0 spiro atoms. The highest BCUT2D eigenvalue weighted by Crippen LogP contribution is 2.13. The van der Waals surface area contributed by atoms with E-state index in [2.05, 4.69) is 11.1 Å². The highest BCUT2D eigenvalue weighted by Gasteiger charge is 2.15. The monoisotopic (exact) mass is 270 g/mol. The van der Waals surface area contributed by atoms with Crippen molar-refractivity contribution in [1.29, 1.82) is 0 Å². The molecule has 0 radical (unpaired) electrons. The Balaban J connectivity index is 2.20. The van der Waals surface area contributed by atoms with E-state index < -0.39 is 0 Å². The molecule has 0 aliphatic carbocycles. The summed E-state index contributed by atoms with van der Waals surface area (Å²) >= 11 is 0. The highest BCUT2D eigenvalue weighted by molar-refractivity contribution is 5.93. The van der Waals surface area contributed by atoms with Gasteiger partial charge in [-0.05, 0) is 25.0 Å². The minimum atomic E-state index is -0.271. The molecule has 1 N–H and O–H groups in total. The molecule has 0 aliphatic rings. The van der Waals surface area contributed by atoms with E-state index in [1.165, 1.54) is 24.0 Å². The third-order valence-corrected chi connectivity index (χ3v) is 3.31. The number of hydrogen-bond acceptors (Lipinski definition) is 2. The Hall–Kier alpha value is -2.36. The summed E-state index contributed by atoms with van der Waals surface area (Å²) in [6.45, 7) is 4.55. The summed E-state index contributed by atoms with van der Waals surface area (Å²) in [7, 11) is 1.70. The first-order valence-electron chi connectivity index (χ1n) is 6.47. The topological polar surface area (TPSA) is 53.2 Å². The van der Waals surface area contributed by atoms with Crippen LogP contribution < -0.4 is 5.43 Å². The zero-order chi connectivity index (χ0) is 14.7. The van der Waals surface area contributed by atoms with Crippen LogP contribution in [0.5, 0.6) is 0 Å². The van der Waals surface area contributed by atoms with Crippen molar-refractivity contribution < 1.29 is 4.79 Å². The van der Waals surface area contributed by atoms with E-state index in [1.54, 1.807) is 11.9 Å². The minimum Gasteiger partial charge on any atom is -0.367 e. The fraction of sp³-hybridized carbons (Fsp3) is 0.250. The number of aromatic nitrogens is 1. The van der Waals surface area contributed by atoms with E-state index in [0.29, 0.717) is 6.54 Å². The van der Waals surface area contributed by atoms with E-state index in [1.807, 2.05) is 26.0 Å². The number of nitrogens with zero attached hydrogens (tertiary/aromatic N) is 1. The maximum atomic E-state index is 12.3. The van der Waals surface area contributed by atoms with Crippen LogP contribution >= 0.6 is 0 Å². The van der Waals surface area contributed by atoms with E-state index in [0.717, 1.165) is 11.1 Å². The molecule has 1 aromatic carbocycles. The number of carbonyl (C=O) groups is 1. The number of rotatable bonds is 3. The number of amides is 1. The molecule has 0 bridgehead atoms. The maximum Gasteiger partial charge on any atom is 0.259 e. The van der Waals surface area contributed by atoms with Gasteiger partial charge < -0.3 is 9.88 Å². The molecule has 4 nitrogen and oxygen atoms in total. The largest absolute Gasteiger partial charge is 0.367 e. The van der Waals surface area contributed by atoms with E-state index >= 15 is 0 Å². The molecule has 0 atom stereocenters. The van der Waals surface area contributed by atoms with Crippen LogP contribution in [0.15, 0.2) is 41.5 Å². The average molecular weight is 270 g/mol. The fourth-order valence-electron chi connectivity index (χ4n) is 2.14. The van der Waals surface area contributed by atoms with Gasteiger partial charge in [0.05, 0.1) is 0 Å². The molecule has 2 rings (SSSR count). The lowest BCUT2D eigenvalue weighted by molar-refractivity contribution is 0.0783. The summed E-state index contributed by atoms with van der Waals surface area (Å²) in [5.41, 5.74) is 3.33. The van der Waals surface area contributed by atoms with Crippen molar-refractivity contribution in [1.82, 2.24) is 9.88 Å². The van der Waals surface area contributed by atoms with Gasteiger partial charge in [0.15, 0.2) is 5.43 Å². The van der Waals surface area contributed by atoms with Gasteiger partial charge in [-0.3, -0.25) is 9.59 Å². The molecular formula is C16H18N2O2. The minimum absolute atomic E-state index is 0.166. The quantitative estimate of drug-likeness (QED) is 0.930. The molecule has 0 aliphatic heterocycles. The van der Waals surface area contributed by atoms with Gasteiger partial charge in [0, 0.05) is 32.1 Å². The third kappa shape index (κ3) is 2.96. The number of hydrogen-bond donors (Lipinski definition) is 1. The summed E-state index contributed by atoms with van der Waals surface area (Å²) in [5.74, 6) is -0.271. The molecule has 20 heavy (non-hydrogen) atoms. The van der Waals surface area contributed by atoms with Crippen LogP contribution in [-0.4, -0.2) is 22.8 Å². The number of aryl methyl sites for hydroxylation is 2. The van der Waals surface area contributed by atoms with Crippen molar-refractivity contribution in [2.45, 2.75) is 20.4 Å². The Morgan fingerprint density at radius 3 is 2.65 bits per heavy atom. The average Bonchev–Trinajstić information content (AvgIpc) is 2.41. The smallest absolute Gasteiger partial charge is 0.259 e. The Bertz CT molecular complexity index is 689. The van der Waals surface area contributed by atoms with E-state index in [9.17, 15) is 9.59 Å². The zero-order valence-electron chi connectivity index (χ0n) is 11.9. The number of benzene rings is 1. The number of pyridine rings is 1.